The molecule has 104 valence electrons. The Morgan fingerprint density at radius 1 is 1.05 bits per heavy atom. The van der Waals surface area contributed by atoms with Crippen LogP contribution in [0.2, 0.25) is 0 Å². The van der Waals surface area contributed by atoms with E-state index >= 15 is 0 Å². The minimum atomic E-state index is -0.0693. The molecule has 0 aliphatic rings. The van der Waals surface area contributed by atoms with Crippen LogP contribution in [-0.2, 0) is 6.54 Å². The molecule has 0 bridgehead atoms. The van der Waals surface area contributed by atoms with E-state index in [2.05, 4.69) is 5.32 Å². The van der Waals surface area contributed by atoms with Crippen molar-refractivity contribution >= 4 is 11.7 Å². The summed E-state index contributed by atoms with van der Waals surface area (Å²) in [7, 11) is 0. The zero-order valence-electron chi connectivity index (χ0n) is 12.0. The van der Waals surface area contributed by atoms with Gasteiger partial charge in [0, 0.05) is 18.8 Å². The average Bonchev–Trinajstić information content (AvgIpc) is 2.48. The van der Waals surface area contributed by atoms with Gasteiger partial charge in [0.05, 0.1) is 0 Å². The fourth-order valence-corrected chi connectivity index (χ4v) is 1.97. The Morgan fingerprint density at radius 2 is 1.70 bits per heavy atom. The van der Waals surface area contributed by atoms with Crippen molar-refractivity contribution in [2.75, 3.05) is 11.9 Å². The highest BCUT2D eigenvalue weighted by Gasteiger charge is 2.11. The van der Waals surface area contributed by atoms with Crippen LogP contribution in [0.3, 0.4) is 0 Å². The van der Waals surface area contributed by atoms with Crippen molar-refractivity contribution in [2.45, 2.75) is 20.4 Å². The Labute approximate surface area is 120 Å². The van der Waals surface area contributed by atoms with Crippen LogP contribution in [-0.4, -0.2) is 17.5 Å². The van der Waals surface area contributed by atoms with Gasteiger partial charge in [-0.05, 0) is 31.5 Å². The molecule has 0 spiro atoms. The van der Waals surface area contributed by atoms with Crippen molar-refractivity contribution < 1.29 is 4.79 Å². The first-order valence-electron chi connectivity index (χ1n) is 6.85. The van der Waals surface area contributed by atoms with Crippen LogP contribution in [0.1, 0.15) is 18.1 Å². The largest absolute Gasteiger partial charge is 0.322 e. The van der Waals surface area contributed by atoms with Gasteiger partial charge in [-0.25, -0.2) is 4.79 Å². The standard InChI is InChI=1S/C17H20N2O/c1-3-19(13-15-7-5-4-6-8-15)17(20)18-16-11-9-14(2)10-12-16/h4-12H,3,13H2,1-2H3,(H,18,20). The van der Waals surface area contributed by atoms with Crippen molar-refractivity contribution in [2.24, 2.45) is 0 Å². The number of hydrogen-bond donors (Lipinski definition) is 1. The number of carbonyl (C=O) groups excluding carboxylic acids is 1. The summed E-state index contributed by atoms with van der Waals surface area (Å²) in [6, 6.07) is 17.8. The zero-order valence-corrected chi connectivity index (χ0v) is 12.0. The maximum Gasteiger partial charge on any atom is 0.322 e. The van der Waals surface area contributed by atoms with E-state index in [1.54, 1.807) is 4.90 Å². The lowest BCUT2D eigenvalue weighted by Crippen LogP contribution is -2.34. The summed E-state index contributed by atoms with van der Waals surface area (Å²) in [5, 5.41) is 2.93. The van der Waals surface area contributed by atoms with Crippen LogP contribution in [0.25, 0.3) is 0 Å². The number of anilines is 1. The number of aryl methyl sites for hydroxylation is 1. The highest BCUT2D eigenvalue weighted by Crippen LogP contribution is 2.11. The molecular weight excluding hydrogens is 248 g/mol. The summed E-state index contributed by atoms with van der Waals surface area (Å²) in [6.07, 6.45) is 0. The highest BCUT2D eigenvalue weighted by molar-refractivity contribution is 5.89. The molecule has 0 aromatic heterocycles. The van der Waals surface area contributed by atoms with E-state index in [1.807, 2.05) is 68.4 Å². The Balaban J connectivity index is 2.00. The molecule has 3 heteroatoms. The molecule has 0 aliphatic heterocycles. The van der Waals surface area contributed by atoms with Crippen molar-refractivity contribution in [1.29, 1.82) is 0 Å². The van der Waals surface area contributed by atoms with Crippen molar-refractivity contribution in [3.05, 3.63) is 65.7 Å². The number of rotatable bonds is 4. The molecule has 0 saturated heterocycles. The number of amides is 2. The van der Waals surface area contributed by atoms with E-state index in [0.29, 0.717) is 13.1 Å². The lowest BCUT2D eigenvalue weighted by Gasteiger charge is -2.21. The Bertz CT molecular complexity index is 549. The summed E-state index contributed by atoms with van der Waals surface area (Å²) in [4.78, 5) is 14.0. The first-order chi connectivity index (χ1) is 9.69. The Kier molecular flexibility index (Phi) is 4.77. The maximum absolute atomic E-state index is 12.2. The first-order valence-corrected chi connectivity index (χ1v) is 6.85. The molecule has 3 nitrogen and oxygen atoms in total. The second kappa shape index (κ2) is 6.75. The fraction of sp³-hybridized carbons (Fsp3) is 0.235. The average molecular weight is 268 g/mol. The summed E-state index contributed by atoms with van der Waals surface area (Å²) < 4.78 is 0. The lowest BCUT2D eigenvalue weighted by molar-refractivity contribution is 0.212. The molecule has 0 atom stereocenters. The van der Waals surface area contributed by atoms with Crippen molar-refractivity contribution in [1.82, 2.24) is 4.90 Å². The topological polar surface area (TPSA) is 32.3 Å². The van der Waals surface area contributed by atoms with Crippen molar-refractivity contribution in [3.8, 4) is 0 Å². The van der Waals surface area contributed by atoms with Gasteiger partial charge in [-0.15, -0.1) is 0 Å². The molecule has 2 aromatic rings. The van der Waals surface area contributed by atoms with Gasteiger partial charge >= 0.3 is 6.03 Å². The Morgan fingerprint density at radius 3 is 2.30 bits per heavy atom. The number of nitrogens with zero attached hydrogens (tertiary/aromatic N) is 1. The minimum absolute atomic E-state index is 0.0693. The molecule has 2 amide bonds. The van der Waals surface area contributed by atoms with Gasteiger partial charge in [0.15, 0.2) is 0 Å². The molecule has 2 rings (SSSR count). The predicted molar refractivity (Wildman–Crippen MR) is 82.7 cm³/mol. The second-order valence-electron chi connectivity index (χ2n) is 4.80. The third kappa shape index (κ3) is 3.85. The van der Waals surface area contributed by atoms with Crippen molar-refractivity contribution in [3.63, 3.8) is 0 Å². The van der Waals surface area contributed by atoms with Gasteiger partial charge in [0.2, 0.25) is 0 Å². The van der Waals surface area contributed by atoms with Gasteiger partial charge in [-0.2, -0.15) is 0 Å². The van der Waals surface area contributed by atoms with Gasteiger partial charge in [-0.1, -0.05) is 48.0 Å². The minimum Gasteiger partial charge on any atom is -0.320 e. The molecular formula is C17H20N2O. The van der Waals surface area contributed by atoms with Crippen LogP contribution >= 0.6 is 0 Å². The summed E-state index contributed by atoms with van der Waals surface area (Å²) >= 11 is 0. The number of hydrogen-bond acceptors (Lipinski definition) is 1. The number of nitrogens with one attached hydrogen (secondary N) is 1. The van der Waals surface area contributed by atoms with Gasteiger partial charge < -0.3 is 10.2 Å². The molecule has 1 N–H and O–H groups in total. The molecule has 0 saturated carbocycles. The summed E-state index contributed by atoms with van der Waals surface area (Å²) in [5.74, 6) is 0. The predicted octanol–water partition coefficient (Wildman–Crippen LogP) is 4.05. The quantitative estimate of drug-likeness (QED) is 0.891. The third-order valence-corrected chi connectivity index (χ3v) is 3.19. The number of carbonyl (C=O) groups is 1. The lowest BCUT2D eigenvalue weighted by atomic mass is 10.2. The van der Waals surface area contributed by atoms with Crippen LogP contribution in [0, 0.1) is 6.92 Å². The first kappa shape index (κ1) is 14.1. The molecule has 0 heterocycles. The van der Waals surface area contributed by atoms with Crippen LogP contribution in [0.4, 0.5) is 10.5 Å². The highest BCUT2D eigenvalue weighted by atomic mass is 16.2. The molecule has 2 aromatic carbocycles. The van der Waals surface area contributed by atoms with Crippen LogP contribution in [0.5, 0.6) is 0 Å². The summed E-state index contributed by atoms with van der Waals surface area (Å²) in [6.45, 7) is 5.30. The van der Waals surface area contributed by atoms with Gasteiger partial charge in [0.25, 0.3) is 0 Å². The maximum atomic E-state index is 12.2. The normalized spacial score (nSPS) is 10.1. The molecule has 0 radical (unpaired) electrons. The number of benzene rings is 2. The van der Waals surface area contributed by atoms with Gasteiger partial charge in [-0.3, -0.25) is 0 Å². The van der Waals surface area contributed by atoms with E-state index in [1.165, 1.54) is 5.56 Å². The van der Waals surface area contributed by atoms with Crippen LogP contribution in [0.15, 0.2) is 54.6 Å². The second-order valence-corrected chi connectivity index (χ2v) is 4.80. The third-order valence-electron chi connectivity index (χ3n) is 3.19. The fourth-order valence-electron chi connectivity index (χ4n) is 1.97. The molecule has 20 heavy (non-hydrogen) atoms. The summed E-state index contributed by atoms with van der Waals surface area (Å²) in [5.41, 5.74) is 3.14. The SMILES string of the molecule is CCN(Cc1ccccc1)C(=O)Nc1ccc(C)cc1. The van der Waals surface area contributed by atoms with E-state index in [0.717, 1.165) is 11.3 Å². The zero-order chi connectivity index (χ0) is 14.4. The van der Waals surface area contributed by atoms with Crippen LogP contribution < -0.4 is 5.32 Å². The molecule has 0 fully saturated rings. The number of urea groups is 1. The molecule has 0 aliphatic carbocycles. The Hall–Kier alpha value is -2.29. The smallest absolute Gasteiger partial charge is 0.320 e. The molecule has 0 unspecified atom stereocenters. The van der Waals surface area contributed by atoms with E-state index in [9.17, 15) is 4.79 Å². The van der Waals surface area contributed by atoms with Gasteiger partial charge in [0.1, 0.15) is 0 Å². The monoisotopic (exact) mass is 268 g/mol. The van der Waals surface area contributed by atoms with E-state index in [4.69, 9.17) is 0 Å². The van der Waals surface area contributed by atoms with E-state index in [-0.39, 0.29) is 6.03 Å². The van der Waals surface area contributed by atoms with E-state index < -0.39 is 0 Å².